The fourth-order valence-corrected chi connectivity index (χ4v) is 4.94. The molecule has 5 rings (SSSR count). The van der Waals surface area contributed by atoms with Gasteiger partial charge in [0.2, 0.25) is 5.95 Å². The zero-order valence-electron chi connectivity index (χ0n) is 20.1. The molecule has 0 unspecified atom stereocenters. The number of hydrogen-bond donors (Lipinski definition) is 0. The van der Waals surface area contributed by atoms with Crippen LogP contribution in [0.15, 0.2) is 60.0 Å². The van der Waals surface area contributed by atoms with Crippen LogP contribution in [0.1, 0.15) is 36.6 Å². The van der Waals surface area contributed by atoms with E-state index in [0.29, 0.717) is 29.0 Å². The third-order valence-electron chi connectivity index (χ3n) is 7.00. The first-order valence-electron chi connectivity index (χ1n) is 12.1. The summed E-state index contributed by atoms with van der Waals surface area (Å²) in [7, 11) is 0. The van der Waals surface area contributed by atoms with E-state index in [-0.39, 0.29) is 0 Å². The molecule has 188 valence electrons. The van der Waals surface area contributed by atoms with Crippen molar-refractivity contribution >= 4 is 11.4 Å². The molecule has 1 aromatic carbocycles. The Bertz CT molecular complexity index is 1220. The van der Waals surface area contributed by atoms with Gasteiger partial charge in [0, 0.05) is 36.8 Å². The monoisotopic (exact) mass is 495 g/mol. The number of benzene rings is 1. The Labute approximate surface area is 208 Å². The van der Waals surface area contributed by atoms with Crippen LogP contribution >= 0.6 is 0 Å². The Morgan fingerprint density at radius 2 is 1.78 bits per heavy atom. The van der Waals surface area contributed by atoms with E-state index in [1.807, 2.05) is 12.1 Å². The number of pyridine rings is 2. The second kappa shape index (κ2) is 10.3. The molecule has 3 aromatic rings. The minimum absolute atomic E-state index is 0.321. The highest BCUT2D eigenvalue weighted by Crippen LogP contribution is 2.42. The molecule has 0 aliphatic carbocycles. The van der Waals surface area contributed by atoms with Gasteiger partial charge in [0.1, 0.15) is 12.3 Å². The maximum absolute atomic E-state index is 13.8. The summed E-state index contributed by atoms with van der Waals surface area (Å²) in [4.78, 5) is 18.2. The highest BCUT2D eigenvalue weighted by atomic mass is 19.2. The number of nitrogens with zero attached hydrogens (tertiary/aromatic N) is 5. The summed E-state index contributed by atoms with van der Waals surface area (Å²) in [5.74, 6) is -2.31. The normalized spacial score (nSPS) is 17.8. The quantitative estimate of drug-likeness (QED) is 0.268. The number of oxime groups is 1. The Kier molecular flexibility index (Phi) is 6.91. The van der Waals surface area contributed by atoms with E-state index in [0.717, 1.165) is 68.9 Å². The first kappa shape index (κ1) is 24.2. The van der Waals surface area contributed by atoms with Crippen molar-refractivity contribution < 1.29 is 18.0 Å². The molecule has 2 aliphatic heterocycles. The van der Waals surface area contributed by atoms with Crippen molar-refractivity contribution in [3.8, 4) is 0 Å². The van der Waals surface area contributed by atoms with Gasteiger partial charge in [0.05, 0.1) is 17.6 Å². The van der Waals surface area contributed by atoms with Crippen LogP contribution in [0.25, 0.3) is 0 Å². The number of anilines is 1. The van der Waals surface area contributed by atoms with E-state index in [1.54, 1.807) is 25.4 Å². The van der Waals surface area contributed by atoms with Crippen LogP contribution in [0.5, 0.6) is 0 Å². The highest BCUT2D eigenvalue weighted by Gasteiger charge is 2.44. The number of aromatic nitrogens is 2. The van der Waals surface area contributed by atoms with Crippen LogP contribution in [-0.4, -0.2) is 53.4 Å². The third kappa shape index (κ3) is 5.21. The van der Waals surface area contributed by atoms with Gasteiger partial charge in [-0.15, -0.1) is 0 Å². The van der Waals surface area contributed by atoms with Crippen molar-refractivity contribution in [1.29, 1.82) is 0 Å². The van der Waals surface area contributed by atoms with Crippen molar-refractivity contribution in [2.75, 3.05) is 37.7 Å². The van der Waals surface area contributed by atoms with Crippen LogP contribution in [0, 0.1) is 23.0 Å². The predicted octanol–water partition coefficient (Wildman–Crippen LogP) is 4.79. The van der Waals surface area contributed by atoms with E-state index < -0.39 is 17.6 Å². The smallest absolute Gasteiger partial charge is 0.212 e. The zero-order chi connectivity index (χ0) is 25.1. The molecule has 0 amide bonds. The Balaban J connectivity index is 1.18. The molecule has 2 fully saturated rings. The molecule has 0 saturated carbocycles. The van der Waals surface area contributed by atoms with Gasteiger partial charge in [-0.1, -0.05) is 11.2 Å². The second-order valence-electron chi connectivity index (χ2n) is 9.51. The van der Waals surface area contributed by atoms with Crippen molar-refractivity contribution in [2.45, 2.75) is 26.3 Å². The fourth-order valence-electron chi connectivity index (χ4n) is 4.94. The third-order valence-corrected chi connectivity index (χ3v) is 7.00. The first-order chi connectivity index (χ1) is 17.4. The van der Waals surface area contributed by atoms with E-state index in [1.165, 1.54) is 12.1 Å². The fraction of sp³-hybridized carbons (Fsp3) is 0.370. The number of piperidine rings is 1. The molecule has 2 aliphatic rings. The summed E-state index contributed by atoms with van der Waals surface area (Å²) in [5.41, 5.74) is 3.65. The SMILES string of the molecule is CCO/N=C(\c1ccc(F)c(F)c1)c1ccc(CN2CCC3(CC2)CN(c2ccc(F)nc2)C3)cn1. The summed E-state index contributed by atoms with van der Waals surface area (Å²) in [6.07, 6.45) is 5.63. The minimum atomic E-state index is -0.944. The van der Waals surface area contributed by atoms with Gasteiger partial charge in [-0.2, -0.15) is 4.39 Å². The molecule has 0 N–H and O–H groups in total. The first-order valence-corrected chi connectivity index (χ1v) is 12.1. The molecular formula is C27H28F3N5O. The number of likely N-dealkylation sites (tertiary alicyclic amines) is 1. The number of hydrogen-bond acceptors (Lipinski definition) is 6. The van der Waals surface area contributed by atoms with Crippen molar-refractivity contribution in [1.82, 2.24) is 14.9 Å². The standard InChI is InChI=1S/C27H28F3N5O/c1-2-36-33-26(20-4-6-22(28)23(29)13-20)24-7-3-19(14-31-24)16-34-11-9-27(10-12-34)17-35(18-27)21-5-8-25(30)32-15-21/h3-8,13-15H,2,9-12,16-18H2,1H3/b33-26+. The Morgan fingerprint density at radius 3 is 2.42 bits per heavy atom. The minimum Gasteiger partial charge on any atom is -0.396 e. The van der Waals surface area contributed by atoms with E-state index >= 15 is 0 Å². The lowest BCUT2D eigenvalue weighted by Crippen LogP contribution is -2.60. The highest BCUT2D eigenvalue weighted by molar-refractivity contribution is 6.11. The summed E-state index contributed by atoms with van der Waals surface area (Å²) in [6, 6.07) is 10.6. The van der Waals surface area contributed by atoms with E-state index in [2.05, 4.69) is 24.9 Å². The lowest BCUT2D eigenvalue weighted by atomic mass is 9.72. The van der Waals surface area contributed by atoms with Crippen molar-refractivity contribution in [3.63, 3.8) is 0 Å². The predicted molar refractivity (Wildman–Crippen MR) is 131 cm³/mol. The molecule has 9 heteroatoms. The largest absolute Gasteiger partial charge is 0.396 e. The van der Waals surface area contributed by atoms with Gasteiger partial charge < -0.3 is 9.74 Å². The summed E-state index contributed by atoms with van der Waals surface area (Å²) in [5, 5.41) is 4.09. The van der Waals surface area contributed by atoms with Crippen molar-refractivity contribution in [3.05, 3.63) is 89.3 Å². The van der Waals surface area contributed by atoms with Crippen molar-refractivity contribution in [2.24, 2.45) is 10.6 Å². The van der Waals surface area contributed by atoms with Crippen LogP contribution in [-0.2, 0) is 11.4 Å². The molecule has 1 spiro atoms. The number of halogens is 3. The maximum atomic E-state index is 13.8. The summed E-state index contributed by atoms with van der Waals surface area (Å²) in [6.45, 7) is 6.91. The van der Waals surface area contributed by atoms with E-state index in [4.69, 9.17) is 4.84 Å². The second-order valence-corrected chi connectivity index (χ2v) is 9.51. The van der Waals surface area contributed by atoms with Crippen LogP contribution < -0.4 is 4.90 Å². The summed E-state index contributed by atoms with van der Waals surface area (Å²) >= 11 is 0. The van der Waals surface area contributed by atoms with Crippen LogP contribution in [0.2, 0.25) is 0 Å². The molecular weight excluding hydrogens is 467 g/mol. The number of rotatable bonds is 7. The average Bonchev–Trinajstić information content (AvgIpc) is 2.87. The molecule has 2 saturated heterocycles. The molecule has 4 heterocycles. The molecule has 0 bridgehead atoms. The lowest BCUT2D eigenvalue weighted by molar-refractivity contribution is 0.0723. The van der Waals surface area contributed by atoms with Gasteiger partial charge in [-0.25, -0.2) is 13.8 Å². The van der Waals surface area contributed by atoms with Crippen LogP contribution in [0.4, 0.5) is 18.9 Å². The summed E-state index contributed by atoms with van der Waals surface area (Å²) < 4.78 is 40.3. The topological polar surface area (TPSA) is 53.9 Å². The maximum Gasteiger partial charge on any atom is 0.212 e. The Hall–Kier alpha value is -3.46. The van der Waals surface area contributed by atoms with Gasteiger partial charge in [0.25, 0.3) is 0 Å². The van der Waals surface area contributed by atoms with Crippen LogP contribution in [0.3, 0.4) is 0 Å². The van der Waals surface area contributed by atoms with Gasteiger partial charge >= 0.3 is 0 Å². The van der Waals surface area contributed by atoms with Gasteiger partial charge in [-0.3, -0.25) is 9.88 Å². The zero-order valence-corrected chi connectivity index (χ0v) is 20.1. The van der Waals surface area contributed by atoms with Gasteiger partial charge in [0.15, 0.2) is 11.6 Å². The van der Waals surface area contributed by atoms with Gasteiger partial charge in [-0.05, 0) is 74.8 Å². The Morgan fingerprint density at radius 1 is 0.972 bits per heavy atom. The molecule has 2 aromatic heterocycles. The molecule has 6 nitrogen and oxygen atoms in total. The lowest BCUT2D eigenvalue weighted by Gasteiger charge is -2.55. The molecule has 0 atom stereocenters. The van der Waals surface area contributed by atoms with E-state index in [9.17, 15) is 13.2 Å². The average molecular weight is 496 g/mol. The molecule has 0 radical (unpaired) electrons. The molecule has 36 heavy (non-hydrogen) atoms.